The molecule has 0 radical (unpaired) electrons. The highest BCUT2D eigenvalue weighted by Gasteiger charge is 2.45. The maximum Gasteiger partial charge on any atom is 0.178 e. The Labute approximate surface area is 128 Å². The summed E-state index contributed by atoms with van der Waals surface area (Å²) in [5.74, 6) is 0.175. The minimum Gasteiger partial charge on any atom is -0.328 e. The third kappa shape index (κ3) is 2.74. The highest BCUT2D eigenvalue weighted by molar-refractivity contribution is 7.91. The lowest BCUT2D eigenvalue weighted by Crippen LogP contribution is -2.57. The van der Waals surface area contributed by atoms with Crippen LogP contribution in [0.3, 0.4) is 0 Å². The Morgan fingerprint density at radius 2 is 2.00 bits per heavy atom. The fraction of sp³-hybridized carbons (Fsp3) is 0.625. The van der Waals surface area contributed by atoms with Crippen molar-refractivity contribution < 1.29 is 8.42 Å². The van der Waals surface area contributed by atoms with Crippen molar-refractivity contribution in [3.8, 4) is 0 Å². The smallest absolute Gasteiger partial charge is 0.178 e. The van der Waals surface area contributed by atoms with Crippen LogP contribution >= 0.6 is 0 Å². The van der Waals surface area contributed by atoms with E-state index in [9.17, 15) is 8.42 Å². The third-order valence-electron chi connectivity index (χ3n) is 4.48. The lowest BCUT2D eigenvalue weighted by atomic mass is 9.83. The molecule has 1 heterocycles. The molecular weight excluding hydrogens is 284 g/mol. The number of hydrogen-bond donors (Lipinski definition) is 1. The summed E-state index contributed by atoms with van der Waals surface area (Å²) in [4.78, 5) is 2.84. The Morgan fingerprint density at radius 1 is 1.33 bits per heavy atom. The van der Waals surface area contributed by atoms with Gasteiger partial charge in [-0.1, -0.05) is 25.1 Å². The number of rotatable bonds is 5. The minimum absolute atomic E-state index is 0.175. The van der Waals surface area contributed by atoms with E-state index in [1.165, 1.54) is 0 Å². The lowest BCUT2D eigenvalue weighted by Gasteiger charge is -2.48. The summed E-state index contributed by atoms with van der Waals surface area (Å²) in [6, 6.07) is 7.68. The fourth-order valence-corrected chi connectivity index (χ4v) is 5.21. The molecule has 1 aromatic carbocycles. The highest BCUT2D eigenvalue weighted by atomic mass is 32.2. The fourth-order valence-electron chi connectivity index (χ4n) is 3.51. The first-order chi connectivity index (χ1) is 9.89. The zero-order valence-electron chi connectivity index (χ0n) is 13.2. The molecule has 2 N–H and O–H groups in total. The summed E-state index contributed by atoms with van der Waals surface area (Å²) in [7, 11) is -3.18. The number of nitrogens with two attached hydrogens (primary N) is 1. The van der Waals surface area contributed by atoms with Crippen molar-refractivity contribution in [1.82, 2.24) is 4.90 Å². The van der Waals surface area contributed by atoms with Crippen molar-refractivity contribution in [2.75, 3.05) is 18.8 Å². The van der Waals surface area contributed by atoms with Gasteiger partial charge in [-0.25, -0.2) is 8.42 Å². The Balaban J connectivity index is 2.64. The van der Waals surface area contributed by atoms with Crippen LogP contribution in [0.4, 0.5) is 0 Å². The summed E-state index contributed by atoms with van der Waals surface area (Å²) in [5, 5.41) is 0. The van der Waals surface area contributed by atoms with Crippen LogP contribution in [0.25, 0.3) is 0 Å². The predicted octanol–water partition coefficient (Wildman–Crippen LogP) is 2.14. The van der Waals surface area contributed by atoms with Gasteiger partial charge in [-0.3, -0.25) is 4.90 Å². The van der Waals surface area contributed by atoms with Crippen molar-refractivity contribution in [2.24, 2.45) is 5.73 Å². The second kappa shape index (κ2) is 6.07. The van der Waals surface area contributed by atoms with Gasteiger partial charge >= 0.3 is 0 Å². The van der Waals surface area contributed by atoms with Crippen molar-refractivity contribution in [3.05, 3.63) is 29.8 Å². The first-order valence-electron chi connectivity index (χ1n) is 7.68. The third-order valence-corrected chi connectivity index (χ3v) is 6.25. The molecule has 0 fully saturated rings. The monoisotopic (exact) mass is 310 g/mol. The van der Waals surface area contributed by atoms with Crippen LogP contribution in [0.1, 0.15) is 39.2 Å². The average molecular weight is 310 g/mol. The number of hydrogen-bond acceptors (Lipinski definition) is 4. The highest BCUT2D eigenvalue weighted by Crippen LogP contribution is 2.41. The molecule has 0 spiro atoms. The van der Waals surface area contributed by atoms with Crippen molar-refractivity contribution in [2.45, 2.75) is 50.1 Å². The molecule has 4 nitrogen and oxygen atoms in total. The normalized spacial score (nSPS) is 24.3. The van der Waals surface area contributed by atoms with E-state index in [0.717, 1.165) is 18.5 Å². The molecule has 118 valence electrons. The molecule has 21 heavy (non-hydrogen) atoms. The molecule has 1 unspecified atom stereocenters. The molecule has 0 saturated heterocycles. The van der Waals surface area contributed by atoms with Gasteiger partial charge < -0.3 is 5.73 Å². The van der Waals surface area contributed by atoms with Gasteiger partial charge in [0.2, 0.25) is 0 Å². The molecule has 0 aliphatic carbocycles. The van der Waals surface area contributed by atoms with Crippen LogP contribution in [-0.2, 0) is 15.4 Å². The molecule has 5 heteroatoms. The van der Waals surface area contributed by atoms with Crippen LogP contribution in [0.15, 0.2) is 29.2 Å². The first-order valence-corrected chi connectivity index (χ1v) is 9.33. The van der Waals surface area contributed by atoms with E-state index < -0.39 is 9.84 Å². The van der Waals surface area contributed by atoms with E-state index in [1.807, 2.05) is 12.1 Å². The van der Waals surface area contributed by atoms with Crippen LogP contribution < -0.4 is 5.73 Å². The van der Waals surface area contributed by atoms with Gasteiger partial charge in [-0.2, -0.15) is 0 Å². The van der Waals surface area contributed by atoms with Crippen molar-refractivity contribution >= 4 is 9.84 Å². The van der Waals surface area contributed by atoms with Crippen molar-refractivity contribution in [3.63, 3.8) is 0 Å². The maximum absolute atomic E-state index is 12.4. The summed E-state index contributed by atoms with van der Waals surface area (Å²) < 4.78 is 24.7. The summed E-state index contributed by atoms with van der Waals surface area (Å²) in [5.41, 5.74) is 6.68. The van der Waals surface area contributed by atoms with E-state index in [1.54, 1.807) is 12.1 Å². The Morgan fingerprint density at radius 3 is 2.57 bits per heavy atom. The van der Waals surface area contributed by atoms with E-state index in [2.05, 4.69) is 25.7 Å². The topological polar surface area (TPSA) is 63.4 Å². The predicted molar refractivity (Wildman–Crippen MR) is 86.0 cm³/mol. The van der Waals surface area contributed by atoms with Crippen LogP contribution in [0.2, 0.25) is 0 Å². The molecule has 0 amide bonds. The second-order valence-corrected chi connectivity index (χ2v) is 8.17. The zero-order valence-corrected chi connectivity index (χ0v) is 14.0. The SMILES string of the molecule is CCCN(C(C)C)C1(CN)CCS(=O)(=O)c2ccccc21. The summed E-state index contributed by atoms with van der Waals surface area (Å²) in [6.45, 7) is 7.81. The van der Waals surface area contributed by atoms with E-state index in [-0.39, 0.29) is 11.3 Å². The van der Waals surface area contributed by atoms with Gasteiger partial charge in [0.15, 0.2) is 9.84 Å². The van der Waals surface area contributed by atoms with E-state index >= 15 is 0 Å². The average Bonchev–Trinajstić information content (AvgIpc) is 2.46. The molecule has 1 aromatic rings. The minimum atomic E-state index is -3.18. The van der Waals surface area contributed by atoms with Gasteiger partial charge in [0.1, 0.15) is 0 Å². The van der Waals surface area contributed by atoms with E-state index in [4.69, 9.17) is 5.73 Å². The number of sulfone groups is 1. The largest absolute Gasteiger partial charge is 0.328 e. The van der Waals surface area contributed by atoms with Gasteiger partial charge in [0, 0.05) is 12.6 Å². The number of nitrogens with zero attached hydrogens (tertiary/aromatic N) is 1. The molecule has 1 atom stereocenters. The Kier molecular flexibility index (Phi) is 4.76. The molecule has 0 bridgehead atoms. The van der Waals surface area contributed by atoms with Crippen LogP contribution in [-0.4, -0.2) is 38.2 Å². The van der Waals surface area contributed by atoms with E-state index in [0.29, 0.717) is 23.9 Å². The summed E-state index contributed by atoms with van der Waals surface area (Å²) in [6.07, 6.45) is 1.59. The van der Waals surface area contributed by atoms with Crippen molar-refractivity contribution in [1.29, 1.82) is 0 Å². The number of fused-ring (bicyclic) bond motifs is 1. The Hall–Kier alpha value is -0.910. The second-order valence-electron chi connectivity index (χ2n) is 6.09. The quantitative estimate of drug-likeness (QED) is 0.905. The van der Waals surface area contributed by atoms with Gasteiger partial charge in [0.05, 0.1) is 16.2 Å². The van der Waals surface area contributed by atoms with Crippen LogP contribution in [0, 0.1) is 0 Å². The molecule has 0 aromatic heterocycles. The molecule has 0 saturated carbocycles. The van der Waals surface area contributed by atoms with Gasteiger partial charge in [-0.05, 0) is 44.9 Å². The molecule has 1 aliphatic heterocycles. The summed E-state index contributed by atoms with van der Waals surface area (Å²) >= 11 is 0. The standard InChI is InChI=1S/C16H26N2O2S/c1-4-10-18(13(2)3)16(12-17)9-11-21(19,20)15-8-6-5-7-14(15)16/h5-8,13H,4,9-12,17H2,1-3H3. The molecule has 1 aliphatic rings. The molecular formula is C16H26N2O2S. The zero-order chi connectivity index (χ0) is 15.7. The molecule has 2 rings (SSSR count). The number of benzene rings is 1. The lowest BCUT2D eigenvalue weighted by molar-refractivity contribution is 0.0512. The maximum atomic E-state index is 12.4. The van der Waals surface area contributed by atoms with Gasteiger partial charge in [-0.15, -0.1) is 0 Å². The Bertz CT molecular complexity index is 598. The van der Waals surface area contributed by atoms with Crippen LogP contribution in [0.5, 0.6) is 0 Å². The van der Waals surface area contributed by atoms with Gasteiger partial charge in [0.25, 0.3) is 0 Å². The first kappa shape index (κ1) is 16.5.